The molecule has 0 saturated heterocycles. The minimum atomic E-state index is -5.18. The van der Waals surface area contributed by atoms with Gasteiger partial charge in [-0.3, -0.25) is 0 Å². The van der Waals surface area contributed by atoms with E-state index in [0.717, 1.165) is 30.3 Å². The van der Waals surface area contributed by atoms with Crippen LogP contribution in [-0.2, 0) is 12.4 Å². The third-order valence-electron chi connectivity index (χ3n) is 8.10. The van der Waals surface area contributed by atoms with Gasteiger partial charge in [-0.1, -0.05) is 12.1 Å². The minimum Gasteiger partial charge on any atom is -0.192 e. The molecule has 0 radical (unpaired) electrons. The molecule has 242 valence electrons. The Morgan fingerprint density at radius 1 is 0.442 bits per heavy atom. The van der Waals surface area contributed by atoms with E-state index in [1.165, 1.54) is 24.3 Å². The lowest BCUT2D eigenvalue weighted by Crippen LogP contribution is -2.10. The van der Waals surface area contributed by atoms with E-state index in [-0.39, 0.29) is 0 Å². The van der Waals surface area contributed by atoms with Crippen molar-refractivity contribution in [2.75, 3.05) is 0 Å². The summed E-state index contributed by atoms with van der Waals surface area (Å²) < 4.78 is 86.8. The summed E-state index contributed by atoms with van der Waals surface area (Å²) in [5.41, 5.74) is -13.6. The molecule has 0 amide bonds. The highest BCUT2D eigenvalue weighted by atomic mass is 19.4. The zero-order valence-electron chi connectivity index (χ0n) is 25.3. The van der Waals surface area contributed by atoms with E-state index >= 15 is 0 Å². The standard InChI is InChI=1S/C37H7F6N9/c38-36(39,40)28-5-17(8-44)1-3-21(28)32-25(14-50)23-7-24-26(15-51)33(22-4-2-18(9-45)6-29(22)37(41,42)43)31(20(12-48)13-49)35(24)27(16-52)34(23)30(32)19(10-46)11-47/h1-7H. The van der Waals surface area contributed by atoms with Crippen LogP contribution >= 0.6 is 0 Å². The lowest BCUT2D eigenvalue weighted by molar-refractivity contribution is -0.138. The number of nitriles is 9. The predicted molar refractivity (Wildman–Crippen MR) is 165 cm³/mol. The van der Waals surface area contributed by atoms with Crippen molar-refractivity contribution in [3.05, 3.63) is 115 Å². The van der Waals surface area contributed by atoms with Gasteiger partial charge in [-0.05, 0) is 41.5 Å². The third-order valence-corrected chi connectivity index (χ3v) is 8.10. The Morgan fingerprint density at radius 2 is 0.808 bits per heavy atom. The summed E-state index contributed by atoms with van der Waals surface area (Å²) in [6, 6.07) is 19.9. The van der Waals surface area contributed by atoms with Gasteiger partial charge in [0.05, 0.1) is 51.1 Å². The lowest BCUT2D eigenvalue weighted by atomic mass is 9.83. The average Bonchev–Trinajstić information content (AvgIpc) is 3.62. The molecule has 0 atom stereocenters. The highest BCUT2D eigenvalue weighted by Crippen LogP contribution is 2.58. The van der Waals surface area contributed by atoms with Gasteiger partial charge >= 0.3 is 12.4 Å². The van der Waals surface area contributed by atoms with Crippen LogP contribution in [0, 0.1) is 102 Å². The fraction of sp³-hybridized carbons (Fsp3) is 0.0541. The summed E-state index contributed by atoms with van der Waals surface area (Å²) in [5, 5.41) is 89.9. The Balaban J connectivity index is 2.07. The van der Waals surface area contributed by atoms with E-state index in [1.54, 1.807) is 30.3 Å². The maximum Gasteiger partial charge on any atom is 0.417 e. The molecule has 0 fully saturated rings. The van der Waals surface area contributed by atoms with Crippen molar-refractivity contribution < 1.29 is 26.3 Å². The molecule has 0 aliphatic heterocycles. The zero-order valence-corrected chi connectivity index (χ0v) is 25.3. The Hall–Kier alpha value is -8.39. The van der Waals surface area contributed by atoms with Gasteiger partial charge < -0.3 is 0 Å². The second-order valence-corrected chi connectivity index (χ2v) is 10.6. The number of halogens is 6. The van der Waals surface area contributed by atoms with Gasteiger partial charge in [0.25, 0.3) is 0 Å². The predicted octanol–water partition coefficient (Wildman–Crippen LogP) is 7.84. The molecule has 0 unspecified atom stereocenters. The van der Waals surface area contributed by atoms with E-state index < -0.39 is 118 Å². The van der Waals surface area contributed by atoms with Gasteiger partial charge in [0, 0.05) is 44.5 Å². The molecule has 52 heavy (non-hydrogen) atoms. The van der Waals surface area contributed by atoms with Crippen molar-refractivity contribution in [3.63, 3.8) is 0 Å². The quantitative estimate of drug-likeness (QED) is 0.189. The maximum atomic E-state index is 14.5. The number of alkyl halides is 6. The molecule has 15 heteroatoms. The number of rotatable bonds is 2. The van der Waals surface area contributed by atoms with E-state index in [0.29, 0.717) is 12.1 Å². The zero-order chi connectivity index (χ0) is 38.3. The van der Waals surface area contributed by atoms with Crippen molar-refractivity contribution >= 4 is 33.4 Å². The first-order valence-corrected chi connectivity index (χ1v) is 13.9. The lowest BCUT2D eigenvalue weighted by Gasteiger charge is -2.18. The first kappa shape index (κ1) is 34.9. The Labute approximate surface area is 288 Å². The summed E-state index contributed by atoms with van der Waals surface area (Å²) in [6.45, 7) is 0. The number of nitrogens with zero attached hydrogens (tertiary/aromatic N) is 9. The van der Waals surface area contributed by atoms with Crippen LogP contribution in [0.4, 0.5) is 26.3 Å². The van der Waals surface area contributed by atoms with E-state index in [4.69, 9.17) is 0 Å². The Kier molecular flexibility index (Phi) is 8.44. The molecule has 9 nitrogen and oxygen atoms in total. The largest absolute Gasteiger partial charge is 0.417 e. The summed E-state index contributed by atoms with van der Waals surface area (Å²) in [4.78, 5) is 0. The van der Waals surface area contributed by atoms with Gasteiger partial charge in [-0.15, -0.1) is 0 Å². The molecule has 0 bridgehead atoms. The van der Waals surface area contributed by atoms with Gasteiger partial charge in [-0.2, -0.15) is 73.7 Å². The molecular weight excluding hydrogens is 684 g/mol. The fourth-order valence-electron chi connectivity index (χ4n) is 6.16. The molecular formula is C37H7F6N9. The second-order valence-electron chi connectivity index (χ2n) is 10.6. The smallest absolute Gasteiger partial charge is 0.192 e. The molecule has 3 aromatic carbocycles. The van der Waals surface area contributed by atoms with Gasteiger partial charge in [-0.25, -0.2) is 0 Å². The van der Waals surface area contributed by atoms with E-state index in [2.05, 4.69) is 0 Å². The molecule has 0 N–H and O–H groups in total. The van der Waals surface area contributed by atoms with Gasteiger partial charge in [0.2, 0.25) is 0 Å². The Morgan fingerprint density at radius 3 is 1.08 bits per heavy atom. The first-order chi connectivity index (χ1) is 24.7. The molecule has 3 aromatic rings. The third kappa shape index (κ3) is 5.13. The van der Waals surface area contributed by atoms with Crippen molar-refractivity contribution in [2.45, 2.75) is 12.4 Å². The van der Waals surface area contributed by atoms with Gasteiger partial charge in [0.15, 0.2) is 0 Å². The number of benzene rings is 3. The van der Waals surface area contributed by atoms with Crippen LogP contribution in [0.3, 0.4) is 0 Å². The molecule has 0 aromatic heterocycles. The summed E-state index contributed by atoms with van der Waals surface area (Å²) in [7, 11) is 0. The van der Waals surface area contributed by atoms with Crippen LogP contribution < -0.4 is 0 Å². The second kappa shape index (κ2) is 12.6. The minimum absolute atomic E-state index is 0.400. The van der Waals surface area contributed by atoms with Crippen LogP contribution in [0.2, 0.25) is 0 Å². The van der Waals surface area contributed by atoms with Crippen LogP contribution in [-0.4, -0.2) is 0 Å². The Bertz CT molecular complexity index is 2540. The summed E-state index contributed by atoms with van der Waals surface area (Å²) >= 11 is 0. The van der Waals surface area contributed by atoms with Crippen LogP contribution in [0.15, 0.2) is 53.6 Å². The summed E-state index contributed by atoms with van der Waals surface area (Å²) in [6.07, 6.45) is -10.4. The average molecular weight is 692 g/mol. The van der Waals surface area contributed by atoms with Crippen LogP contribution in [0.25, 0.3) is 33.4 Å². The molecule has 0 spiro atoms. The normalized spacial score (nSPS) is 12.8. The number of allylic oxidation sites excluding steroid dienone is 8. The molecule has 2 aliphatic rings. The maximum absolute atomic E-state index is 14.5. The van der Waals surface area contributed by atoms with E-state index in [1.807, 2.05) is 0 Å². The van der Waals surface area contributed by atoms with Crippen molar-refractivity contribution in [1.29, 1.82) is 47.4 Å². The highest BCUT2D eigenvalue weighted by Gasteiger charge is 2.45. The van der Waals surface area contributed by atoms with Gasteiger partial charge in [0.1, 0.15) is 53.6 Å². The van der Waals surface area contributed by atoms with E-state index in [9.17, 15) is 73.7 Å². The van der Waals surface area contributed by atoms with Crippen molar-refractivity contribution in [1.82, 2.24) is 0 Å². The number of hydrogen-bond acceptors (Lipinski definition) is 9. The number of fused-ring (bicyclic) bond motifs is 2. The molecule has 5 rings (SSSR count). The van der Waals surface area contributed by atoms with Crippen LogP contribution in [0.1, 0.15) is 61.2 Å². The monoisotopic (exact) mass is 691 g/mol. The number of hydrogen-bond donors (Lipinski definition) is 0. The molecule has 2 aliphatic carbocycles. The topological polar surface area (TPSA) is 214 Å². The fourth-order valence-corrected chi connectivity index (χ4v) is 6.16. The highest BCUT2D eigenvalue weighted by molar-refractivity contribution is 6.31. The summed E-state index contributed by atoms with van der Waals surface area (Å²) in [5.74, 6) is 0. The molecule has 0 heterocycles. The first-order valence-electron chi connectivity index (χ1n) is 13.9. The van der Waals surface area contributed by atoms with Crippen molar-refractivity contribution in [2.24, 2.45) is 0 Å². The van der Waals surface area contributed by atoms with Crippen LogP contribution in [0.5, 0.6) is 0 Å². The van der Waals surface area contributed by atoms with Crippen molar-refractivity contribution in [3.8, 4) is 54.6 Å². The molecule has 0 saturated carbocycles. The SMILES string of the molecule is N#CC(C#N)=C1C(c2ccc(C#N)cc2C(F)(F)F)=C(C#N)c2cc3c(c(C#N)c21)C(=C(C#N)C#N)C(c1ccc(C#N)cc1C(F)(F)F)=C3C#N.